The van der Waals surface area contributed by atoms with Gasteiger partial charge in [0.15, 0.2) is 0 Å². The van der Waals surface area contributed by atoms with Gasteiger partial charge in [-0.1, -0.05) is 18.2 Å². The fourth-order valence-electron chi connectivity index (χ4n) is 1.97. The summed E-state index contributed by atoms with van der Waals surface area (Å²) in [4.78, 5) is 0. The Morgan fingerprint density at radius 1 is 1.17 bits per heavy atom. The highest BCUT2D eigenvalue weighted by molar-refractivity contribution is 5.68. The highest BCUT2D eigenvalue weighted by Gasteiger charge is 2.07. The molecule has 0 aliphatic rings. The molecule has 3 heteroatoms. The molecule has 2 rings (SSSR count). The first-order chi connectivity index (χ1) is 8.65. The summed E-state index contributed by atoms with van der Waals surface area (Å²) >= 11 is 0. The predicted molar refractivity (Wildman–Crippen MR) is 71.0 cm³/mol. The SMILES string of the molecule is COc1ccc(-c2ccc(CN)c(F)c2)c(C)c1. The van der Waals surface area contributed by atoms with Gasteiger partial charge in [0, 0.05) is 12.1 Å². The molecule has 2 aromatic rings. The van der Waals surface area contributed by atoms with Gasteiger partial charge in [-0.2, -0.15) is 0 Å². The number of halogens is 1. The van der Waals surface area contributed by atoms with E-state index in [1.165, 1.54) is 6.07 Å². The van der Waals surface area contributed by atoms with Gasteiger partial charge in [-0.3, -0.25) is 0 Å². The number of aryl methyl sites for hydroxylation is 1. The second-order valence-corrected chi connectivity index (χ2v) is 4.19. The van der Waals surface area contributed by atoms with Crippen LogP contribution in [0.5, 0.6) is 5.75 Å². The second kappa shape index (κ2) is 5.19. The third-order valence-electron chi connectivity index (χ3n) is 3.02. The van der Waals surface area contributed by atoms with E-state index in [-0.39, 0.29) is 12.4 Å². The van der Waals surface area contributed by atoms with Crippen LogP contribution in [0, 0.1) is 12.7 Å². The summed E-state index contributed by atoms with van der Waals surface area (Å²) in [6.45, 7) is 2.19. The van der Waals surface area contributed by atoms with Crippen molar-refractivity contribution >= 4 is 0 Å². The van der Waals surface area contributed by atoms with Crippen LogP contribution in [0.25, 0.3) is 11.1 Å². The van der Waals surface area contributed by atoms with Crippen LogP contribution < -0.4 is 10.5 Å². The third-order valence-corrected chi connectivity index (χ3v) is 3.02. The van der Waals surface area contributed by atoms with Crippen LogP contribution in [0.15, 0.2) is 36.4 Å². The average molecular weight is 245 g/mol. The Labute approximate surface area is 106 Å². The Hall–Kier alpha value is -1.87. The van der Waals surface area contributed by atoms with Gasteiger partial charge in [0.2, 0.25) is 0 Å². The molecule has 0 aliphatic heterocycles. The molecule has 18 heavy (non-hydrogen) atoms. The smallest absolute Gasteiger partial charge is 0.128 e. The minimum Gasteiger partial charge on any atom is -0.497 e. The number of ether oxygens (including phenoxy) is 1. The predicted octanol–water partition coefficient (Wildman–Crippen LogP) is 3.27. The van der Waals surface area contributed by atoms with Crippen molar-refractivity contribution in [3.05, 3.63) is 53.3 Å². The number of hydrogen-bond donors (Lipinski definition) is 1. The van der Waals surface area contributed by atoms with E-state index in [1.807, 2.05) is 31.2 Å². The van der Waals surface area contributed by atoms with E-state index in [4.69, 9.17) is 10.5 Å². The fourth-order valence-corrected chi connectivity index (χ4v) is 1.97. The maximum atomic E-state index is 13.7. The molecule has 2 aromatic carbocycles. The van der Waals surface area contributed by atoms with Gasteiger partial charge in [0.25, 0.3) is 0 Å². The molecule has 94 valence electrons. The molecule has 0 saturated carbocycles. The van der Waals surface area contributed by atoms with Crippen molar-refractivity contribution in [2.45, 2.75) is 13.5 Å². The monoisotopic (exact) mass is 245 g/mol. The van der Waals surface area contributed by atoms with Crippen molar-refractivity contribution in [1.82, 2.24) is 0 Å². The second-order valence-electron chi connectivity index (χ2n) is 4.19. The van der Waals surface area contributed by atoms with E-state index in [9.17, 15) is 4.39 Å². The van der Waals surface area contributed by atoms with Gasteiger partial charge in [-0.25, -0.2) is 4.39 Å². The van der Waals surface area contributed by atoms with E-state index in [0.29, 0.717) is 5.56 Å². The standard InChI is InChI=1S/C15H16FNO/c1-10-7-13(18-2)5-6-14(10)11-3-4-12(9-17)15(16)8-11/h3-8H,9,17H2,1-2H3. The zero-order valence-corrected chi connectivity index (χ0v) is 10.5. The van der Waals surface area contributed by atoms with Crippen molar-refractivity contribution in [2.24, 2.45) is 5.73 Å². The summed E-state index contributed by atoms with van der Waals surface area (Å²) in [6, 6.07) is 10.9. The summed E-state index contributed by atoms with van der Waals surface area (Å²) in [5, 5.41) is 0. The van der Waals surface area contributed by atoms with Crippen LogP contribution >= 0.6 is 0 Å². The summed E-state index contributed by atoms with van der Waals surface area (Å²) in [5.74, 6) is 0.542. The average Bonchev–Trinajstić information content (AvgIpc) is 2.38. The maximum Gasteiger partial charge on any atom is 0.128 e. The fraction of sp³-hybridized carbons (Fsp3) is 0.200. The summed E-state index contributed by atoms with van der Waals surface area (Å²) in [7, 11) is 1.63. The summed E-state index contributed by atoms with van der Waals surface area (Å²) in [6.07, 6.45) is 0. The highest BCUT2D eigenvalue weighted by Crippen LogP contribution is 2.28. The zero-order chi connectivity index (χ0) is 13.1. The molecule has 0 saturated heterocycles. The molecule has 0 heterocycles. The molecule has 0 aromatic heterocycles. The first kappa shape index (κ1) is 12.6. The molecule has 0 fully saturated rings. The first-order valence-electron chi connectivity index (χ1n) is 5.79. The minimum atomic E-state index is -0.259. The van der Waals surface area contributed by atoms with E-state index in [1.54, 1.807) is 13.2 Å². The van der Waals surface area contributed by atoms with E-state index >= 15 is 0 Å². The number of methoxy groups -OCH3 is 1. The van der Waals surface area contributed by atoms with E-state index in [0.717, 1.165) is 22.4 Å². The molecule has 0 bridgehead atoms. The number of nitrogens with two attached hydrogens (primary N) is 1. The van der Waals surface area contributed by atoms with Crippen molar-refractivity contribution in [2.75, 3.05) is 7.11 Å². The maximum absolute atomic E-state index is 13.7. The summed E-state index contributed by atoms with van der Waals surface area (Å²) in [5.41, 5.74) is 8.88. The van der Waals surface area contributed by atoms with Gasteiger partial charge in [0.1, 0.15) is 11.6 Å². The Morgan fingerprint density at radius 3 is 2.50 bits per heavy atom. The zero-order valence-electron chi connectivity index (χ0n) is 10.5. The van der Waals surface area contributed by atoms with Gasteiger partial charge < -0.3 is 10.5 Å². The van der Waals surface area contributed by atoms with Gasteiger partial charge in [-0.05, 0) is 41.8 Å². The molecule has 2 N–H and O–H groups in total. The van der Waals surface area contributed by atoms with Crippen molar-refractivity contribution in [1.29, 1.82) is 0 Å². The van der Waals surface area contributed by atoms with Crippen molar-refractivity contribution in [3.8, 4) is 16.9 Å². The topological polar surface area (TPSA) is 35.2 Å². The Morgan fingerprint density at radius 2 is 1.94 bits per heavy atom. The Bertz CT molecular complexity index is 566. The number of rotatable bonds is 3. The lowest BCUT2D eigenvalue weighted by atomic mass is 9.99. The lowest BCUT2D eigenvalue weighted by Gasteiger charge is -2.09. The molecule has 2 nitrogen and oxygen atoms in total. The molecule has 0 aliphatic carbocycles. The number of hydrogen-bond acceptors (Lipinski definition) is 2. The van der Waals surface area contributed by atoms with Crippen LogP contribution in [0.1, 0.15) is 11.1 Å². The lowest BCUT2D eigenvalue weighted by Crippen LogP contribution is -1.99. The van der Waals surface area contributed by atoms with Gasteiger partial charge in [0.05, 0.1) is 7.11 Å². The third kappa shape index (κ3) is 2.36. The Balaban J connectivity index is 2.45. The molecule has 0 radical (unpaired) electrons. The molecular formula is C15H16FNO. The lowest BCUT2D eigenvalue weighted by molar-refractivity contribution is 0.414. The van der Waals surface area contributed by atoms with Gasteiger partial charge in [-0.15, -0.1) is 0 Å². The normalized spacial score (nSPS) is 10.4. The largest absolute Gasteiger partial charge is 0.497 e. The molecule has 0 atom stereocenters. The van der Waals surface area contributed by atoms with Gasteiger partial charge >= 0.3 is 0 Å². The molecule has 0 spiro atoms. The van der Waals surface area contributed by atoms with Crippen LogP contribution in [-0.2, 0) is 6.54 Å². The quantitative estimate of drug-likeness (QED) is 0.900. The van der Waals surface area contributed by atoms with E-state index in [2.05, 4.69) is 0 Å². The highest BCUT2D eigenvalue weighted by atomic mass is 19.1. The van der Waals surface area contributed by atoms with Crippen LogP contribution in [0.4, 0.5) is 4.39 Å². The van der Waals surface area contributed by atoms with Crippen molar-refractivity contribution in [3.63, 3.8) is 0 Å². The Kier molecular flexibility index (Phi) is 3.63. The number of benzene rings is 2. The summed E-state index contributed by atoms with van der Waals surface area (Å²) < 4.78 is 18.9. The molecule has 0 unspecified atom stereocenters. The minimum absolute atomic E-state index is 0.216. The van der Waals surface area contributed by atoms with Crippen LogP contribution in [0.2, 0.25) is 0 Å². The first-order valence-corrected chi connectivity index (χ1v) is 5.79. The molecule has 0 amide bonds. The van der Waals surface area contributed by atoms with Crippen LogP contribution in [0.3, 0.4) is 0 Å². The van der Waals surface area contributed by atoms with Crippen molar-refractivity contribution < 1.29 is 9.13 Å². The van der Waals surface area contributed by atoms with Crippen LogP contribution in [-0.4, -0.2) is 7.11 Å². The van der Waals surface area contributed by atoms with E-state index < -0.39 is 0 Å². The molecular weight excluding hydrogens is 229 g/mol.